The number of ketones is 1. The van der Waals surface area contributed by atoms with Crippen molar-refractivity contribution in [3.8, 4) is 0 Å². The third-order valence-electron chi connectivity index (χ3n) is 2.88. The smallest absolute Gasteiger partial charge is 0.158 e. The highest BCUT2D eigenvalue weighted by atomic mass is 16.3. The second-order valence-electron chi connectivity index (χ2n) is 4.85. The van der Waals surface area contributed by atoms with E-state index >= 15 is 0 Å². The predicted molar refractivity (Wildman–Crippen MR) is 64.0 cm³/mol. The van der Waals surface area contributed by atoms with E-state index in [0.717, 1.165) is 11.1 Å². The molecule has 0 aromatic heterocycles. The lowest BCUT2D eigenvalue weighted by Gasteiger charge is -2.27. The fraction of sp³-hybridized carbons (Fsp3) is 0.357. The minimum absolute atomic E-state index is 0.00632. The van der Waals surface area contributed by atoms with Crippen LogP contribution in [-0.4, -0.2) is 16.5 Å². The van der Waals surface area contributed by atoms with E-state index in [1.165, 1.54) is 5.56 Å². The monoisotopic (exact) mass is 216 g/mol. The van der Waals surface area contributed by atoms with Gasteiger partial charge in [-0.2, -0.15) is 0 Å². The van der Waals surface area contributed by atoms with Gasteiger partial charge in [-0.1, -0.05) is 29.8 Å². The maximum Gasteiger partial charge on any atom is 0.158 e. The average molecular weight is 216 g/mol. The summed E-state index contributed by atoms with van der Waals surface area (Å²) in [4.78, 5) is 11.5. The van der Waals surface area contributed by atoms with Crippen LogP contribution in [0.3, 0.4) is 0 Å². The minimum atomic E-state index is -0.897. The SMILES string of the molecule is Cc1ccc(C2=CC(=O)C[C@@](C)(O)C2)cc1. The Morgan fingerprint density at radius 2 is 1.81 bits per heavy atom. The molecule has 1 atom stereocenters. The molecule has 2 heteroatoms. The number of benzene rings is 1. The van der Waals surface area contributed by atoms with Crippen LogP contribution in [0.2, 0.25) is 0 Å². The van der Waals surface area contributed by atoms with Crippen LogP contribution < -0.4 is 0 Å². The van der Waals surface area contributed by atoms with Crippen molar-refractivity contribution < 1.29 is 9.90 Å². The predicted octanol–water partition coefficient (Wildman–Crippen LogP) is 2.49. The molecule has 1 aliphatic rings. The number of carbonyl (C=O) groups excluding carboxylic acids is 1. The first-order valence-corrected chi connectivity index (χ1v) is 5.49. The molecule has 0 bridgehead atoms. The topological polar surface area (TPSA) is 37.3 Å². The summed E-state index contributed by atoms with van der Waals surface area (Å²) in [5.74, 6) is 0.00632. The molecule has 0 radical (unpaired) electrons. The van der Waals surface area contributed by atoms with Crippen molar-refractivity contribution in [1.82, 2.24) is 0 Å². The molecule has 0 saturated carbocycles. The third-order valence-corrected chi connectivity index (χ3v) is 2.88. The Kier molecular flexibility index (Phi) is 2.68. The molecule has 1 aromatic carbocycles. The molecule has 84 valence electrons. The van der Waals surface area contributed by atoms with Crippen LogP contribution in [-0.2, 0) is 4.79 Å². The average Bonchev–Trinajstić information content (AvgIpc) is 2.15. The van der Waals surface area contributed by atoms with Gasteiger partial charge in [0.25, 0.3) is 0 Å². The summed E-state index contributed by atoms with van der Waals surface area (Å²) in [7, 11) is 0. The van der Waals surface area contributed by atoms with Crippen LogP contribution in [0.15, 0.2) is 30.3 Å². The van der Waals surface area contributed by atoms with E-state index in [9.17, 15) is 9.90 Å². The van der Waals surface area contributed by atoms with Gasteiger partial charge in [0, 0.05) is 12.8 Å². The zero-order valence-electron chi connectivity index (χ0n) is 9.66. The van der Waals surface area contributed by atoms with Gasteiger partial charge in [0.2, 0.25) is 0 Å². The Morgan fingerprint density at radius 1 is 1.19 bits per heavy atom. The van der Waals surface area contributed by atoms with Crippen LogP contribution in [0.5, 0.6) is 0 Å². The molecule has 1 aromatic rings. The third kappa shape index (κ3) is 2.39. The van der Waals surface area contributed by atoms with Gasteiger partial charge in [-0.3, -0.25) is 4.79 Å². The van der Waals surface area contributed by atoms with Crippen molar-refractivity contribution in [2.45, 2.75) is 32.3 Å². The lowest BCUT2D eigenvalue weighted by atomic mass is 9.82. The summed E-state index contributed by atoms with van der Waals surface area (Å²) in [6, 6.07) is 8.03. The summed E-state index contributed by atoms with van der Waals surface area (Å²) >= 11 is 0. The molecule has 0 fully saturated rings. The molecule has 0 saturated heterocycles. The molecule has 0 heterocycles. The molecule has 2 rings (SSSR count). The molecular weight excluding hydrogens is 200 g/mol. The number of rotatable bonds is 1. The van der Waals surface area contributed by atoms with E-state index in [2.05, 4.69) is 0 Å². The van der Waals surface area contributed by atoms with E-state index in [1.807, 2.05) is 31.2 Å². The number of hydrogen-bond acceptors (Lipinski definition) is 2. The summed E-state index contributed by atoms with van der Waals surface area (Å²) in [6.45, 7) is 3.74. The van der Waals surface area contributed by atoms with Crippen LogP contribution >= 0.6 is 0 Å². The maximum absolute atomic E-state index is 11.5. The van der Waals surface area contributed by atoms with Crippen LogP contribution in [0, 0.1) is 6.92 Å². The summed E-state index contributed by atoms with van der Waals surface area (Å²) < 4.78 is 0. The fourth-order valence-corrected chi connectivity index (χ4v) is 2.10. The molecule has 2 nitrogen and oxygen atoms in total. The normalized spacial score (nSPS) is 25.4. The van der Waals surface area contributed by atoms with Gasteiger partial charge in [-0.05, 0) is 31.1 Å². The molecule has 0 aliphatic heterocycles. The van der Waals surface area contributed by atoms with Gasteiger partial charge < -0.3 is 5.11 Å². The first-order chi connectivity index (χ1) is 7.46. The maximum atomic E-state index is 11.5. The highest BCUT2D eigenvalue weighted by Crippen LogP contribution is 2.32. The zero-order chi connectivity index (χ0) is 11.8. The quantitative estimate of drug-likeness (QED) is 0.783. The fourth-order valence-electron chi connectivity index (χ4n) is 2.10. The van der Waals surface area contributed by atoms with Crippen LogP contribution in [0.25, 0.3) is 5.57 Å². The van der Waals surface area contributed by atoms with E-state index in [1.54, 1.807) is 13.0 Å². The molecule has 1 N–H and O–H groups in total. The summed E-state index contributed by atoms with van der Waals surface area (Å²) in [6.07, 6.45) is 2.42. The van der Waals surface area contributed by atoms with E-state index < -0.39 is 5.60 Å². The van der Waals surface area contributed by atoms with Crippen molar-refractivity contribution in [2.75, 3.05) is 0 Å². The van der Waals surface area contributed by atoms with Gasteiger partial charge in [0.05, 0.1) is 5.60 Å². The number of aryl methyl sites for hydroxylation is 1. The highest BCUT2D eigenvalue weighted by Gasteiger charge is 2.29. The Labute approximate surface area is 95.6 Å². The van der Waals surface area contributed by atoms with Crippen molar-refractivity contribution >= 4 is 11.4 Å². The second-order valence-corrected chi connectivity index (χ2v) is 4.85. The molecule has 0 spiro atoms. The van der Waals surface area contributed by atoms with Gasteiger partial charge in [0.15, 0.2) is 5.78 Å². The van der Waals surface area contributed by atoms with Crippen LogP contribution in [0.4, 0.5) is 0 Å². The number of allylic oxidation sites excluding steroid dienone is 1. The summed E-state index contributed by atoms with van der Waals surface area (Å²) in [5, 5.41) is 9.97. The minimum Gasteiger partial charge on any atom is -0.389 e. The second kappa shape index (κ2) is 3.87. The van der Waals surface area contributed by atoms with Gasteiger partial charge in [0.1, 0.15) is 0 Å². The van der Waals surface area contributed by atoms with Gasteiger partial charge in [-0.15, -0.1) is 0 Å². The lowest BCUT2D eigenvalue weighted by Crippen LogP contribution is -2.30. The number of hydrogen-bond donors (Lipinski definition) is 1. The molecule has 0 unspecified atom stereocenters. The molecule has 1 aliphatic carbocycles. The van der Waals surface area contributed by atoms with Crippen molar-refractivity contribution in [3.05, 3.63) is 41.5 Å². The number of carbonyl (C=O) groups is 1. The largest absolute Gasteiger partial charge is 0.389 e. The summed E-state index contributed by atoms with van der Waals surface area (Å²) in [5.41, 5.74) is 2.25. The highest BCUT2D eigenvalue weighted by molar-refractivity contribution is 5.99. The Balaban J connectivity index is 2.34. The van der Waals surface area contributed by atoms with Crippen molar-refractivity contribution in [3.63, 3.8) is 0 Å². The Hall–Kier alpha value is -1.41. The Bertz CT molecular complexity index is 438. The van der Waals surface area contributed by atoms with Gasteiger partial charge in [-0.25, -0.2) is 0 Å². The number of aliphatic hydroxyl groups is 1. The van der Waals surface area contributed by atoms with E-state index in [0.29, 0.717) is 6.42 Å². The Morgan fingerprint density at radius 3 is 2.38 bits per heavy atom. The molecule has 0 amide bonds. The van der Waals surface area contributed by atoms with Crippen molar-refractivity contribution in [1.29, 1.82) is 0 Å². The molecule has 16 heavy (non-hydrogen) atoms. The lowest BCUT2D eigenvalue weighted by molar-refractivity contribution is -0.119. The van der Waals surface area contributed by atoms with E-state index in [4.69, 9.17) is 0 Å². The van der Waals surface area contributed by atoms with Gasteiger partial charge >= 0.3 is 0 Å². The van der Waals surface area contributed by atoms with Crippen LogP contribution in [0.1, 0.15) is 30.9 Å². The zero-order valence-corrected chi connectivity index (χ0v) is 9.66. The molecular formula is C14H16O2. The first-order valence-electron chi connectivity index (χ1n) is 5.49. The van der Waals surface area contributed by atoms with Crippen molar-refractivity contribution in [2.24, 2.45) is 0 Å². The first kappa shape index (κ1) is 11.1. The standard InChI is InChI=1S/C14H16O2/c1-10-3-5-11(6-4-10)12-7-13(15)9-14(2,16)8-12/h3-7,16H,8-9H2,1-2H3/t14-/m0/s1. The van der Waals surface area contributed by atoms with E-state index in [-0.39, 0.29) is 12.2 Å².